The van der Waals surface area contributed by atoms with E-state index in [9.17, 15) is 4.79 Å². The van der Waals surface area contributed by atoms with Crippen LogP contribution in [0.1, 0.15) is 10.4 Å². The van der Waals surface area contributed by atoms with Crippen LogP contribution in [0.5, 0.6) is 0 Å². The quantitative estimate of drug-likeness (QED) is 0.687. The molecule has 0 bridgehead atoms. The molecule has 0 spiro atoms. The number of rotatable bonds is 3. The summed E-state index contributed by atoms with van der Waals surface area (Å²) in [5, 5.41) is 5.16. The van der Waals surface area contributed by atoms with Gasteiger partial charge in [-0.2, -0.15) is 0 Å². The molecule has 0 radical (unpaired) electrons. The fraction of sp³-hybridized carbons (Fsp3) is 0. The fourth-order valence-corrected chi connectivity index (χ4v) is 3.05. The molecule has 7 heteroatoms. The van der Waals surface area contributed by atoms with Crippen LogP contribution in [0.15, 0.2) is 50.9 Å². The Balaban J connectivity index is 1.80. The van der Waals surface area contributed by atoms with E-state index in [1.54, 1.807) is 0 Å². The van der Waals surface area contributed by atoms with Crippen molar-refractivity contribution in [3.63, 3.8) is 0 Å². The molecular weight excluding hydrogens is 376 g/mol. The summed E-state index contributed by atoms with van der Waals surface area (Å²) in [6.45, 7) is 0. The number of thiazole rings is 1. The van der Waals surface area contributed by atoms with Crippen LogP contribution >= 0.6 is 38.9 Å². The van der Waals surface area contributed by atoms with Crippen LogP contribution in [0.4, 0.5) is 5.13 Å². The van der Waals surface area contributed by atoms with Crippen molar-refractivity contribution in [3.05, 3.63) is 57.2 Å². The van der Waals surface area contributed by atoms with Crippen molar-refractivity contribution in [2.24, 2.45) is 0 Å². The first kappa shape index (κ1) is 14.3. The zero-order valence-electron chi connectivity index (χ0n) is 10.5. The number of carbonyl (C=O) groups excluding carboxylic acids is 1. The number of nitrogens with one attached hydrogen (secondary N) is 1. The standard InChI is InChI=1S/C14H8BrClN2O2S/c15-9-3-1-2-8(6-9)11-7-21-14(17-11)18-13(19)10-4-5-20-12(10)16/h1-7H,(H,17,18,19). The highest BCUT2D eigenvalue weighted by Gasteiger charge is 2.15. The lowest BCUT2D eigenvalue weighted by Gasteiger charge is -1.99. The van der Waals surface area contributed by atoms with E-state index in [1.165, 1.54) is 23.7 Å². The molecule has 106 valence electrons. The number of halogens is 2. The molecular formula is C14H8BrClN2O2S. The highest BCUT2D eigenvalue weighted by molar-refractivity contribution is 9.10. The summed E-state index contributed by atoms with van der Waals surface area (Å²) in [4.78, 5) is 16.4. The largest absolute Gasteiger partial charge is 0.452 e. The van der Waals surface area contributed by atoms with Crippen LogP contribution in [0.2, 0.25) is 5.22 Å². The van der Waals surface area contributed by atoms with Gasteiger partial charge in [-0.1, -0.05) is 28.1 Å². The van der Waals surface area contributed by atoms with Crippen LogP contribution in [0.25, 0.3) is 11.3 Å². The van der Waals surface area contributed by atoms with Crippen molar-refractivity contribution < 1.29 is 9.21 Å². The van der Waals surface area contributed by atoms with E-state index in [0.29, 0.717) is 5.13 Å². The molecule has 1 amide bonds. The molecule has 1 N–H and O–H groups in total. The zero-order chi connectivity index (χ0) is 14.8. The van der Waals surface area contributed by atoms with Crippen molar-refractivity contribution in [3.8, 4) is 11.3 Å². The number of anilines is 1. The van der Waals surface area contributed by atoms with Crippen LogP contribution in [-0.2, 0) is 0 Å². The first-order valence-electron chi connectivity index (χ1n) is 5.89. The Kier molecular flexibility index (Phi) is 4.10. The van der Waals surface area contributed by atoms with Crippen molar-refractivity contribution in [2.75, 3.05) is 5.32 Å². The maximum absolute atomic E-state index is 12.0. The Labute approximate surface area is 137 Å². The van der Waals surface area contributed by atoms with Gasteiger partial charge in [-0.25, -0.2) is 4.98 Å². The van der Waals surface area contributed by atoms with Crippen LogP contribution in [0.3, 0.4) is 0 Å². The van der Waals surface area contributed by atoms with Gasteiger partial charge in [0.15, 0.2) is 5.13 Å². The Morgan fingerprint density at radius 1 is 1.38 bits per heavy atom. The minimum absolute atomic E-state index is 0.0660. The Morgan fingerprint density at radius 2 is 2.24 bits per heavy atom. The average molecular weight is 384 g/mol. The number of amides is 1. The summed E-state index contributed by atoms with van der Waals surface area (Å²) in [7, 11) is 0. The van der Waals surface area contributed by atoms with Gasteiger partial charge in [-0.15, -0.1) is 11.3 Å². The topological polar surface area (TPSA) is 55.1 Å². The number of aromatic nitrogens is 1. The lowest BCUT2D eigenvalue weighted by Crippen LogP contribution is -2.11. The molecule has 1 aromatic carbocycles. The minimum Gasteiger partial charge on any atom is -0.452 e. The molecule has 3 rings (SSSR count). The minimum atomic E-state index is -0.344. The molecule has 0 aliphatic rings. The van der Waals surface area contributed by atoms with Gasteiger partial charge in [0, 0.05) is 15.4 Å². The van der Waals surface area contributed by atoms with E-state index in [4.69, 9.17) is 16.0 Å². The van der Waals surface area contributed by atoms with Crippen molar-refractivity contribution in [1.29, 1.82) is 0 Å². The van der Waals surface area contributed by atoms with E-state index >= 15 is 0 Å². The third-order valence-electron chi connectivity index (χ3n) is 2.71. The summed E-state index contributed by atoms with van der Waals surface area (Å²) >= 11 is 10.5. The molecule has 21 heavy (non-hydrogen) atoms. The zero-order valence-corrected chi connectivity index (χ0v) is 13.6. The number of carbonyl (C=O) groups is 1. The van der Waals surface area contributed by atoms with Crippen molar-refractivity contribution >= 4 is 49.9 Å². The second kappa shape index (κ2) is 6.01. The predicted molar refractivity (Wildman–Crippen MR) is 86.9 cm³/mol. The normalized spacial score (nSPS) is 10.6. The SMILES string of the molecule is O=C(Nc1nc(-c2cccc(Br)c2)cs1)c1ccoc1Cl. The van der Waals surface area contributed by atoms with Gasteiger partial charge < -0.3 is 4.42 Å². The summed E-state index contributed by atoms with van der Waals surface area (Å²) in [6, 6.07) is 9.31. The molecule has 0 atom stereocenters. The number of benzene rings is 1. The Bertz CT molecular complexity index is 800. The highest BCUT2D eigenvalue weighted by Crippen LogP contribution is 2.27. The van der Waals surface area contributed by atoms with Crippen molar-refractivity contribution in [1.82, 2.24) is 4.98 Å². The second-order valence-corrected chi connectivity index (χ2v) is 6.23. The molecule has 3 aromatic rings. The van der Waals surface area contributed by atoms with Crippen LogP contribution in [0, 0.1) is 0 Å². The second-order valence-electron chi connectivity index (χ2n) is 4.11. The number of hydrogen-bond acceptors (Lipinski definition) is 4. The maximum Gasteiger partial charge on any atom is 0.262 e. The van der Waals surface area contributed by atoms with Crippen molar-refractivity contribution in [2.45, 2.75) is 0 Å². The van der Waals surface area contributed by atoms with E-state index in [1.807, 2.05) is 29.6 Å². The van der Waals surface area contributed by atoms with Gasteiger partial charge in [0.05, 0.1) is 17.5 Å². The maximum atomic E-state index is 12.0. The van der Waals surface area contributed by atoms with E-state index in [-0.39, 0.29) is 16.7 Å². The molecule has 4 nitrogen and oxygen atoms in total. The first-order chi connectivity index (χ1) is 10.1. The lowest BCUT2D eigenvalue weighted by molar-refractivity contribution is 0.102. The molecule has 2 heterocycles. The third-order valence-corrected chi connectivity index (χ3v) is 4.25. The lowest BCUT2D eigenvalue weighted by atomic mass is 10.2. The number of hydrogen-bond donors (Lipinski definition) is 1. The summed E-state index contributed by atoms with van der Waals surface area (Å²) in [5.74, 6) is -0.344. The smallest absolute Gasteiger partial charge is 0.262 e. The van der Waals surface area contributed by atoms with Gasteiger partial charge in [0.1, 0.15) is 0 Å². The van der Waals surface area contributed by atoms with Gasteiger partial charge in [-0.05, 0) is 29.8 Å². The molecule has 0 saturated carbocycles. The molecule has 0 saturated heterocycles. The number of nitrogens with zero attached hydrogens (tertiary/aromatic N) is 1. The van der Waals surface area contributed by atoms with E-state index in [2.05, 4.69) is 26.2 Å². The van der Waals surface area contributed by atoms with Gasteiger partial charge in [-0.3, -0.25) is 10.1 Å². The predicted octanol–water partition coefficient (Wildman–Crippen LogP) is 5.07. The third kappa shape index (κ3) is 3.18. The first-order valence-corrected chi connectivity index (χ1v) is 7.94. The Morgan fingerprint density at radius 3 is 2.95 bits per heavy atom. The summed E-state index contributed by atoms with van der Waals surface area (Å²) < 4.78 is 5.87. The molecule has 0 aliphatic heterocycles. The average Bonchev–Trinajstić information content (AvgIpc) is 3.08. The van der Waals surface area contributed by atoms with Gasteiger partial charge in [0.25, 0.3) is 5.91 Å². The molecule has 0 fully saturated rings. The van der Waals surface area contributed by atoms with E-state index < -0.39 is 0 Å². The highest BCUT2D eigenvalue weighted by atomic mass is 79.9. The van der Waals surface area contributed by atoms with Crippen LogP contribution in [-0.4, -0.2) is 10.9 Å². The monoisotopic (exact) mass is 382 g/mol. The fourth-order valence-electron chi connectivity index (χ4n) is 1.73. The number of furan rings is 1. The molecule has 0 unspecified atom stereocenters. The van der Waals surface area contributed by atoms with Gasteiger partial charge in [0.2, 0.25) is 5.22 Å². The molecule has 0 aliphatic carbocycles. The summed E-state index contributed by atoms with van der Waals surface area (Å²) in [5.41, 5.74) is 2.06. The van der Waals surface area contributed by atoms with E-state index in [0.717, 1.165) is 15.7 Å². The molecule has 2 aromatic heterocycles. The Hall–Kier alpha value is -1.63. The summed E-state index contributed by atoms with van der Waals surface area (Å²) in [6.07, 6.45) is 1.37. The van der Waals surface area contributed by atoms with Crippen LogP contribution < -0.4 is 5.32 Å². The van der Waals surface area contributed by atoms with Gasteiger partial charge >= 0.3 is 0 Å².